The third kappa shape index (κ3) is 4.26. The Morgan fingerprint density at radius 3 is 2.24 bits per heavy atom. The predicted octanol–water partition coefficient (Wildman–Crippen LogP) is 6.36. The van der Waals surface area contributed by atoms with Crippen LogP contribution in [-0.2, 0) is 10.2 Å². The van der Waals surface area contributed by atoms with E-state index in [0.29, 0.717) is 22.6 Å². The molecule has 7 rings (SSSR count). The first kappa shape index (κ1) is 28.2. The Bertz CT molecular complexity index is 1900. The fourth-order valence-corrected chi connectivity index (χ4v) is 7.24. The second-order valence-electron chi connectivity index (χ2n) is 11.8. The molecule has 1 spiro atoms. The van der Waals surface area contributed by atoms with E-state index in [4.69, 9.17) is 4.74 Å². The van der Waals surface area contributed by atoms with Crippen molar-refractivity contribution in [3.8, 4) is 5.75 Å². The van der Waals surface area contributed by atoms with E-state index in [1.165, 1.54) is 24.3 Å². The van der Waals surface area contributed by atoms with Gasteiger partial charge in [-0.3, -0.25) is 24.5 Å². The molecule has 0 radical (unpaired) electrons. The first-order valence-electron chi connectivity index (χ1n) is 14.8. The number of amides is 1. The number of carbonyl (C=O) groups is 3. The molecule has 0 saturated carbocycles. The predicted molar refractivity (Wildman–Crippen MR) is 168 cm³/mol. The smallest absolute Gasteiger partial charge is 0.269 e. The van der Waals surface area contributed by atoms with E-state index in [1.807, 2.05) is 73.5 Å². The van der Waals surface area contributed by atoms with Gasteiger partial charge in [0, 0.05) is 35.1 Å². The van der Waals surface area contributed by atoms with Gasteiger partial charge in [-0.2, -0.15) is 0 Å². The topological polar surface area (TPSA) is 119 Å². The van der Waals surface area contributed by atoms with Crippen molar-refractivity contribution in [2.75, 3.05) is 5.32 Å². The van der Waals surface area contributed by atoms with Crippen LogP contribution in [0.15, 0.2) is 103 Å². The summed E-state index contributed by atoms with van der Waals surface area (Å²) in [4.78, 5) is 56.8. The molecule has 1 saturated heterocycles. The minimum absolute atomic E-state index is 0.0507. The van der Waals surface area contributed by atoms with Crippen LogP contribution in [0.4, 0.5) is 11.4 Å². The molecular formula is C36H29N3O6. The molecule has 224 valence electrons. The number of non-ortho nitro benzene ring substituents is 1. The summed E-state index contributed by atoms with van der Waals surface area (Å²) in [5.41, 5.74) is 1.82. The lowest BCUT2D eigenvalue weighted by atomic mass is 9.62. The lowest BCUT2D eigenvalue weighted by Gasteiger charge is -2.38. The van der Waals surface area contributed by atoms with Crippen LogP contribution in [0.25, 0.3) is 6.08 Å². The van der Waals surface area contributed by atoms with Crippen molar-refractivity contribution in [3.05, 3.63) is 141 Å². The second kappa shape index (κ2) is 10.6. The number of nitrogens with zero attached hydrogens (tertiary/aromatic N) is 2. The molecule has 0 aliphatic carbocycles. The number of benzene rings is 4. The number of ketones is 2. The van der Waals surface area contributed by atoms with Crippen molar-refractivity contribution in [2.24, 2.45) is 5.92 Å². The maximum absolute atomic E-state index is 14.8. The molecule has 0 unspecified atom stereocenters. The van der Waals surface area contributed by atoms with Gasteiger partial charge >= 0.3 is 0 Å². The molecule has 1 amide bonds. The average molecular weight is 600 g/mol. The van der Waals surface area contributed by atoms with Crippen molar-refractivity contribution in [2.45, 2.75) is 37.5 Å². The summed E-state index contributed by atoms with van der Waals surface area (Å²) < 4.78 is 5.78. The van der Waals surface area contributed by atoms with E-state index in [1.54, 1.807) is 30.3 Å². The third-order valence-electron chi connectivity index (χ3n) is 8.99. The van der Waals surface area contributed by atoms with Crippen LogP contribution < -0.4 is 10.1 Å². The van der Waals surface area contributed by atoms with E-state index in [9.17, 15) is 24.5 Å². The maximum Gasteiger partial charge on any atom is 0.269 e. The number of fused-ring (bicyclic) bond motifs is 6. The molecule has 4 aromatic carbocycles. The Hall–Kier alpha value is -5.57. The molecule has 4 aromatic rings. The number of rotatable bonds is 7. The van der Waals surface area contributed by atoms with E-state index in [2.05, 4.69) is 5.32 Å². The molecule has 45 heavy (non-hydrogen) atoms. The van der Waals surface area contributed by atoms with Crippen LogP contribution in [0.2, 0.25) is 0 Å². The highest BCUT2D eigenvalue weighted by Gasteiger charge is 2.70. The highest BCUT2D eigenvalue weighted by Crippen LogP contribution is 2.62. The third-order valence-corrected chi connectivity index (χ3v) is 8.99. The number of nitro benzene ring substituents is 1. The van der Waals surface area contributed by atoms with Gasteiger partial charge in [0.2, 0.25) is 5.91 Å². The lowest BCUT2D eigenvalue weighted by molar-refractivity contribution is -0.384. The zero-order chi connectivity index (χ0) is 31.5. The van der Waals surface area contributed by atoms with Gasteiger partial charge in [0.15, 0.2) is 11.6 Å². The van der Waals surface area contributed by atoms with E-state index in [0.717, 1.165) is 11.1 Å². The number of Topliss-reactive ketones (excluding diaryl/α,β-unsaturated/α-hetero) is 2. The molecule has 3 heterocycles. The maximum atomic E-state index is 14.8. The average Bonchev–Trinajstić information content (AvgIpc) is 3.52. The monoisotopic (exact) mass is 599 g/mol. The van der Waals surface area contributed by atoms with Gasteiger partial charge in [-0.15, -0.1) is 0 Å². The summed E-state index contributed by atoms with van der Waals surface area (Å²) >= 11 is 0. The van der Waals surface area contributed by atoms with Crippen LogP contribution in [0, 0.1) is 16.0 Å². The van der Waals surface area contributed by atoms with Crippen molar-refractivity contribution in [3.63, 3.8) is 0 Å². The zero-order valence-electron chi connectivity index (χ0n) is 24.5. The molecule has 0 aromatic heterocycles. The minimum atomic E-state index is -1.49. The van der Waals surface area contributed by atoms with E-state index >= 15 is 0 Å². The molecular weight excluding hydrogens is 570 g/mol. The summed E-state index contributed by atoms with van der Waals surface area (Å²) in [5.74, 6) is -1.72. The quantitative estimate of drug-likeness (QED) is 0.149. The Kier molecular flexibility index (Phi) is 6.62. The Balaban J connectivity index is 1.46. The molecule has 0 bridgehead atoms. The molecule has 9 heteroatoms. The summed E-state index contributed by atoms with van der Waals surface area (Å²) in [5, 5.41) is 14.4. The van der Waals surface area contributed by atoms with Crippen LogP contribution in [-0.4, -0.2) is 39.4 Å². The summed E-state index contributed by atoms with van der Waals surface area (Å²) in [6, 6.07) is 25.3. The molecule has 3 aliphatic rings. The number of ether oxygens (including phenoxy) is 1. The first-order chi connectivity index (χ1) is 21.7. The highest BCUT2D eigenvalue weighted by atomic mass is 16.6. The number of nitrogens with one attached hydrogen (secondary N) is 1. The SMILES string of the molecule is CC(C)Oc1ccc(C(=O)[C@H]2[C@@H](C(=O)c3ccc([N+](=O)[O-])cc3)[C@]3(C(=O)Nc4ccccc43)[C@H]3c4ccccc4C=CN23)cc1. The fraction of sp³-hybridized carbons (Fsp3) is 0.194. The van der Waals surface area contributed by atoms with Gasteiger partial charge in [-0.1, -0.05) is 42.5 Å². The number of para-hydroxylation sites is 1. The molecule has 1 N–H and O–H groups in total. The number of hydrogen-bond donors (Lipinski definition) is 1. The standard InChI is InChI=1S/C36H29N3O6/c1-21(2)45-26-17-13-24(14-18-26)33(41)31-30(32(40)23-11-15-25(16-12-23)39(43)44)36(28-9-5-6-10-29(28)37-35(36)42)34-27-8-4-3-7-22(27)19-20-38(31)34/h3-21,30-31,34H,1-2H3,(H,37,42)/t30-,31+,34+,36-/m0/s1. The van der Waals surface area contributed by atoms with Crippen molar-refractivity contribution in [1.82, 2.24) is 4.90 Å². The normalized spacial score (nSPS) is 22.5. The number of carbonyl (C=O) groups excluding carboxylic acids is 3. The molecule has 9 nitrogen and oxygen atoms in total. The highest BCUT2D eigenvalue weighted by molar-refractivity contribution is 6.16. The Labute approximate surface area is 259 Å². The van der Waals surface area contributed by atoms with Crippen molar-refractivity contribution in [1.29, 1.82) is 0 Å². The number of anilines is 1. The van der Waals surface area contributed by atoms with Gasteiger partial charge in [0.05, 0.1) is 23.0 Å². The van der Waals surface area contributed by atoms with Gasteiger partial charge < -0.3 is 15.0 Å². The van der Waals surface area contributed by atoms with Gasteiger partial charge in [0.1, 0.15) is 17.2 Å². The van der Waals surface area contributed by atoms with E-state index in [-0.39, 0.29) is 29.0 Å². The largest absolute Gasteiger partial charge is 0.491 e. The van der Waals surface area contributed by atoms with E-state index < -0.39 is 34.1 Å². The molecule has 3 aliphatic heterocycles. The second-order valence-corrected chi connectivity index (χ2v) is 11.8. The van der Waals surface area contributed by atoms with Crippen LogP contribution in [0.5, 0.6) is 5.75 Å². The summed E-state index contributed by atoms with van der Waals surface area (Å²) in [6.07, 6.45) is 3.66. The lowest BCUT2D eigenvalue weighted by Crippen LogP contribution is -2.49. The van der Waals surface area contributed by atoms with Crippen LogP contribution in [0.3, 0.4) is 0 Å². The van der Waals surface area contributed by atoms with Gasteiger partial charge in [0.25, 0.3) is 5.69 Å². The first-order valence-corrected chi connectivity index (χ1v) is 14.8. The van der Waals surface area contributed by atoms with Crippen molar-refractivity contribution < 1.29 is 24.0 Å². The summed E-state index contributed by atoms with van der Waals surface area (Å²) in [7, 11) is 0. The van der Waals surface area contributed by atoms with Crippen molar-refractivity contribution >= 4 is 34.9 Å². The van der Waals surface area contributed by atoms with Gasteiger partial charge in [-0.25, -0.2) is 0 Å². The zero-order valence-corrected chi connectivity index (χ0v) is 24.5. The van der Waals surface area contributed by atoms with Crippen LogP contribution >= 0.6 is 0 Å². The Morgan fingerprint density at radius 2 is 1.53 bits per heavy atom. The molecule has 1 fully saturated rings. The molecule has 4 atom stereocenters. The van der Waals surface area contributed by atoms with Crippen LogP contribution in [0.1, 0.15) is 57.3 Å². The van der Waals surface area contributed by atoms with Gasteiger partial charge in [-0.05, 0) is 79.1 Å². The number of nitro groups is 1. The summed E-state index contributed by atoms with van der Waals surface area (Å²) in [6.45, 7) is 3.83. The Morgan fingerprint density at radius 1 is 0.889 bits per heavy atom. The fourth-order valence-electron chi connectivity index (χ4n) is 7.24. The number of hydrogen-bond acceptors (Lipinski definition) is 7. The minimum Gasteiger partial charge on any atom is -0.491 e.